The van der Waals surface area contributed by atoms with Gasteiger partial charge in [-0.2, -0.15) is 0 Å². The number of carbonyl (C=O) groups excluding carboxylic acids is 3. The van der Waals surface area contributed by atoms with Crippen LogP contribution >= 0.6 is 0 Å². The first-order valence-corrected chi connectivity index (χ1v) is 7.40. The molecule has 1 aromatic carbocycles. The number of amides is 2. The summed E-state index contributed by atoms with van der Waals surface area (Å²) < 4.78 is 9.83. The van der Waals surface area contributed by atoms with Crippen molar-refractivity contribution in [2.45, 2.75) is 33.2 Å². The van der Waals surface area contributed by atoms with Crippen LogP contribution in [-0.2, 0) is 25.6 Å². The Labute approximate surface area is 154 Å². The molecule has 11 heteroatoms. The quantitative estimate of drug-likeness (QED) is 0.395. The molecule has 0 aromatic heterocycles. The Hall–Kier alpha value is -3.63. The number of urea groups is 1. The number of ether oxygens (including phenoxy) is 2. The number of nitrogens with two attached hydrogens (primary N) is 1. The van der Waals surface area contributed by atoms with E-state index in [1.807, 2.05) is 0 Å². The topological polar surface area (TPSA) is 182 Å². The molecule has 0 saturated carbocycles. The lowest BCUT2D eigenvalue weighted by molar-refractivity contribution is -0.139. The fraction of sp³-hybridized carbons (Fsp3) is 0.312. The van der Waals surface area contributed by atoms with Crippen LogP contribution in [-0.4, -0.2) is 46.2 Å². The summed E-state index contributed by atoms with van der Waals surface area (Å²) in [4.78, 5) is 53.0. The highest BCUT2D eigenvalue weighted by atomic mass is 16.6. The Bertz CT molecular complexity index is 727. The molecule has 0 radical (unpaired) electrons. The average Bonchev–Trinajstić information content (AvgIpc) is 2.47. The second-order valence-electron chi connectivity index (χ2n) is 5.09. The van der Waals surface area contributed by atoms with E-state index in [4.69, 9.17) is 30.2 Å². The van der Waals surface area contributed by atoms with Crippen LogP contribution in [0.1, 0.15) is 26.3 Å². The zero-order valence-corrected chi connectivity index (χ0v) is 14.8. The van der Waals surface area contributed by atoms with Crippen molar-refractivity contribution in [2.75, 3.05) is 0 Å². The summed E-state index contributed by atoms with van der Waals surface area (Å²) in [5, 5.41) is 18.5. The van der Waals surface area contributed by atoms with E-state index in [-0.39, 0.29) is 17.9 Å². The van der Waals surface area contributed by atoms with Crippen molar-refractivity contribution in [3.8, 4) is 11.5 Å². The number of benzene rings is 1. The molecule has 0 bridgehead atoms. The third-order valence-electron chi connectivity index (χ3n) is 2.57. The van der Waals surface area contributed by atoms with Crippen molar-refractivity contribution in [3.05, 3.63) is 23.8 Å². The molecular weight excluding hydrogens is 364 g/mol. The summed E-state index contributed by atoms with van der Waals surface area (Å²) in [6.45, 7) is 3.43. The molecule has 1 atom stereocenters. The maximum absolute atomic E-state index is 11.1. The summed E-state index contributed by atoms with van der Waals surface area (Å²) >= 11 is 0. The van der Waals surface area contributed by atoms with Crippen molar-refractivity contribution in [3.63, 3.8) is 0 Å². The van der Waals surface area contributed by atoms with E-state index in [1.54, 1.807) is 0 Å². The molecule has 2 amide bonds. The largest absolute Gasteiger partial charge is 0.481 e. The van der Waals surface area contributed by atoms with Crippen LogP contribution in [0.2, 0.25) is 0 Å². The number of esters is 2. The fourth-order valence-electron chi connectivity index (χ4n) is 1.76. The van der Waals surface area contributed by atoms with E-state index in [9.17, 15) is 19.2 Å². The van der Waals surface area contributed by atoms with Gasteiger partial charge in [-0.25, -0.2) is 9.59 Å². The van der Waals surface area contributed by atoms with Gasteiger partial charge in [0, 0.05) is 27.2 Å². The average molecular weight is 384 g/mol. The molecule has 0 fully saturated rings. The highest BCUT2D eigenvalue weighted by molar-refractivity contribution is 5.82. The van der Waals surface area contributed by atoms with E-state index in [0.717, 1.165) is 6.92 Å². The number of nitrogens with one attached hydrogen (secondary N) is 1. The van der Waals surface area contributed by atoms with Crippen LogP contribution in [0, 0.1) is 0 Å². The monoisotopic (exact) mass is 384 g/mol. The van der Waals surface area contributed by atoms with Gasteiger partial charge in [-0.3, -0.25) is 14.4 Å². The van der Waals surface area contributed by atoms with E-state index >= 15 is 0 Å². The standard InChI is InChI=1S/C14H16N2O7.C2H4O2/c1-7(17)22-11-4-3-9(6-12(11)23-8(2)18)5-10(13(19)20)16-14(15)21;1-2(3)4/h3-4,6,10H,5H2,1-2H3,(H,19,20)(H3,15,16,21);1H3,(H,3,4). The molecule has 1 aromatic rings. The Morgan fingerprint density at radius 3 is 1.89 bits per heavy atom. The molecule has 1 rings (SSSR count). The van der Waals surface area contributed by atoms with E-state index in [0.29, 0.717) is 5.56 Å². The van der Waals surface area contributed by atoms with Crippen LogP contribution in [0.4, 0.5) is 4.79 Å². The van der Waals surface area contributed by atoms with Gasteiger partial charge in [0.2, 0.25) is 0 Å². The second-order valence-corrected chi connectivity index (χ2v) is 5.09. The maximum Gasteiger partial charge on any atom is 0.326 e. The van der Waals surface area contributed by atoms with Gasteiger partial charge >= 0.3 is 23.9 Å². The van der Waals surface area contributed by atoms with Crippen LogP contribution in [0.5, 0.6) is 11.5 Å². The first-order chi connectivity index (χ1) is 12.4. The van der Waals surface area contributed by atoms with Gasteiger partial charge in [-0.1, -0.05) is 6.07 Å². The van der Waals surface area contributed by atoms with Crippen LogP contribution in [0.15, 0.2) is 18.2 Å². The number of aliphatic carboxylic acids is 2. The number of rotatable bonds is 6. The normalized spacial score (nSPS) is 10.5. The minimum atomic E-state index is -1.28. The lowest BCUT2D eigenvalue weighted by Crippen LogP contribution is -2.44. The van der Waals surface area contributed by atoms with Crippen LogP contribution < -0.4 is 20.5 Å². The highest BCUT2D eigenvalue weighted by Crippen LogP contribution is 2.29. The number of carboxylic acid groups (broad SMARTS) is 2. The van der Waals surface area contributed by atoms with Crippen molar-refractivity contribution in [1.82, 2.24) is 5.32 Å². The van der Waals surface area contributed by atoms with E-state index in [1.165, 1.54) is 32.0 Å². The van der Waals surface area contributed by atoms with Crippen molar-refractivity contribution < 1.29 is 43.7 Å². The van der Waals surface area contributed by atoms with Crippen molar-refractivity contribution >= 4 is 29.9 Å². The van der Waals surface area contributed by atoms with Gasteiger partial charge in [-0.05, 0) is 17.7 Å². The molecule has 11 nitrogen and oxygen atoms in total. The molecule has 0 aliphatic rings. The molecule has 0 spiro atoms. The first kappa shape index (κ1) is 23.4. The number of carboxylic acids is 2. The Kier molecular flexibility index (Phi) is 9.59. The van der Waals surface area contributed by atoms with Gasteiger partial charge < -0.3 is 30.7 Å². The zero-order valence-electron chi connectivity index (χ0n) is 14.8. The van der Waals surface area contributed by atoms with Gasteiger partial charge in [-0.15, -0.1) is 0 Å². The summed E-state index contributed by atoms with van der Waals surface area (Å²) in [5.74, 6) is -3.37. The Morgan fingerprint density at radius 2 is 1.48 bits per heavy atom. The number of carbonyl (C=O) groups is 5. The molecule has 1 unspecified atom stereocenters. The van der Waals surface area contributed by atoms with Gasteiger partial charge in [0.1, 0.15) is 6.04 Å². The molecule has 148 valence electrons. The SMILES string of the molecule is CC(=O)O.CC(=O)Oc1ccc(CC(NC(N)=O)C(=O)O)cc1OC(C)=O. The first-order valence-electron chi connectivity index (χ1n) is 7.40. The molecule has 0 aliphatic carbocycles. The van der Waals surface area contributed by atoms with Gasteiger partial charge in [0.25, 0.3) is 5.97 Å². The Balaban J connectivity index is 0.00000153. The zero-order chi connectivity index (χ0) is 21.1. The smallest absolute Gasteiger partial charge is 0.326 e. The summed E-state index contributed by atoms with van der Waals surface area (Å²) in [6, 6.07) is 1.95. The molecule has 0 saturated heterocycles. The summed E-state index contributed by atoms with van der Waals surface area (Å²) in [5.41, 5.74) is 5.35. The van der Waals surface area contributed by atoms with Gasteiger partial charge in [0.15, 0.2) is 11.5 Å². The summed E-state index contributed by atoms with van der Waals surface area (Å²) in [6.07, 6.45) is -0.104. The number of primary amides is 1. The van der Waals surface area contributed by atoms with Crippen molar-refractivity contribution in [2.24, 2.45) is 5.73 Å². The maximum atomic E-state index is 11.1. The van der Waals surface area contributed by atoms with Gasteiger partial charge in [0.05, 0.1) is 0 Å². The highest BCUT2D eigenvalue weighted by Gasteiger charge is 2.20. The molecule has 0 aliphatic heterocycles. The van der Waals surface area contributed by atoms with Crippen molar-refractivity contribution in [1.29, 1.82) is 0 Å². The second kappa shape index (κ2) is 11.1. The summed E-state index contributed by atoms with van der Waals surface area (Å²) in [7, 11) is 0. The van der Waals surface area contributed by atoms with E-state index in [2.05, 4.69) is 5.32 Å². The molecule has 27 heavy (non-hydrogen) atoms. The Morgan fingerprint density at radius 1 is 1.00 bits per heavy atom. The number of hydrogen-bond acceptors (Lipinski definition) is 7. The minimum Gasteiger partial charge on any atom is -0.481 e. The third kappa shape index (κ3) is 10.8. The molecule has 5 N–H and O–H groups in total. The molecule has 0 heterocycles. The van der Waals surface area contributed by atoms with Crippen LogP contribution in [0.3, 0.4) is 0 Å². The predicted octanol–water partition coefficient (Wildman–Crippen LogP) is 0.292. The fourth-order valence-corrected chi connectivity index (χ4v) is 1.76. The predicted molar refractivity (Wildman–Crippen MR) is 90.2 cm³/mol. The molecular formula is C16H20N2O9. The number of hydrogen-bond donors (Lipinski definition) is 4. The lowest BCUT2D eigenvalue weighted by atomic mass is 10.1. The minimum absolute atomic E-state index is 0.0196. The van der Waals surface area contributed by atoms with E-state index < -0.39 is 36.0 Å². The third-order valence-corrected chi connectivity index (χ3v) is 2.57. The lowest BCUT2D eigenvalue weighted by Gasteiger charge is -2.15. The van der Waals surface area contributed by atoms with Crippen LogP contribution in [0.25, 0.3) is 0 Å².